The first-order chi connectivity index (χ1) is 7.58. The fourth-order valence-corrected chi connectivity index (χ4v) is 1.73. The van der Waals surface area contributed by atoms with Gasteiger partial charge in [0, 0.05) is 26.3 Å². The quantitative estimate of drug-likeness (QED) is 0.818. The van der Waals surface area contributed by atoms with Crippen LogP contribution in [0.3, 0.4) is 0 Å². The van der Waals surface area contributed by atoms with Gasteiger partial charge in [-0.2, -0.15) is 5.10 Å². The zero-order chi connectivity index (χ0) is 11.7. The van der Waals surface area contributed by atoms with Crippen molar-refractivity contribution in [2.45, 2.75) is 25.8 Å². The van der Waals surface area contributed by atoms with Crippen LogP contribution in [0.4, 0.5) is 5.69 Å². The molecule has 0 bridgehead atoms. The van der Waals surface area contributed by atoms with Gasteiger partial charge < -0.3 is 10.2 Å². The van der Waals surface area contributed by atoms with Crippen LogP contribution < -0.4 is 5.32 Å². The van der Waals surface area contributed by atoms with Gasteiger partial charge in [-0.1, -0.05) is 0 Å². The third-order valence-electron chi connectivity index (χ3n) is 2.93. The molecule has 1 heterocycles. The number of likely N-dealkylation sites (N-methyl/N-ethyl adjacent to an activating group) is 1. The molecule has 1 aliphatic carbocycles. The maximum atomic E-state index is 11.8. The van der Waals surface area contributed by atoms with Crippen molar-refractivity contribution in [3.8, 4) is 0 Å². The molecule has 1 fully saturated rings. The lowest BCUT2D eigenvalue weighted by atomic mass is 10.4. The molecular formula is C11H18N4O. The fraction of sp³-hybridized carbons (Fsp3) is 0.636. The Hall–Kier alpha value is -1.52. The molecule has 1 N–H and O–H groups in total. The van der Waals surface area contributed by atoms with Crippen LogP contribution in [0.15, 0.2) is 6.20 Å². The molecule has 0 aliphatic heterocycles. The highest BCUT2D eigenvalue weighted by atomic mass is 16.2. The van der Waals surface area contributed by atoms with E-state index in [-0.39, 0.29) is 5.91 Å². The Bertz CT molecular complexity index is 395. The number of hydrogen-bond acceptors (Lipinski definition) is 3. The highest BCUT2D eigenvalue weighted by Gasteiger charge is 2.29. The molecule has 0 aromatic carbocycles. The predicted octanol–water partition coefficient (Wildman–Crippen LogP) is 0.761. The maximum Gasteiger partial charge on any atom is 0.241 e. The highest BCUT2D eigenvalue weighted by Crippen LogP contribution is 2.25. The molecule has 1 aromatic heterocycles. The van der Waals surface area contributed by atoms with Gasteiger partial charge in [0.15, 0.2) is 0 Å². The van der Waals surface area contributed by atoms with Crippen LogP contribution in [0.25, 0.3) is 0 Å². The number of carbonyl (C=O) groups excluding carboxylic acids is 1. The van der Waals surface area contributed by atoms with E-state index in [1.807, 2.05) is 32.1 Å². The van der Waals surface area contributed by atoms with Gasteiger partial charge in [0.05, 0.1) is 17.9 Å². The van der Waals surface area contributed by atoms with Gasteiger partial charge in [-0.05, 0) is 19.8 Å². The molecule has 0 saturated heterocycles. The van der Waals surface area contributed by atoms with Gasteiger partial charge in [0.1, 0.15) is 0 Å². The predicted molar refractivity (Wildman–Crippen MR) is 62.2 cm³/mol. The summed E-state index contributed by atoms with van der Waals surface area (Å²) in [6.07, 6.45) is 4.18. The molecule has 1 amide bonds. The summed E-state index contributed by atoms with van der Waals surface area (Å²) in [6, 6.07) is 0.476. The molecule has 16 heavy (non-hydrogen) atoms. The normalized spacial score (nSPS) is 14.9. The molecule has 5 heteroatoms. The van der Waals surface area contributed by atoms with Gasteiger partial charge in [-0.25, -0.2) is 0 Å². The Morgan fingerprint density at radius 3 is 2.88 bits per heavy atom. The van der Waals surface area contributed by atoms with Gasteiger partial charge in [0.2, 0.25) is 5.91 Å². The molecule has 88 valence electrons. The van der Waals surface area contributed by atoms with Gasteiger partial charge in [-0.3, -0.25) is 9.48 Å². The fourth-order valence-electron chi connectivity index (χ4n) is 1.73. The van der Waals surface area contributed by atoms with Crippen LogP contribution >= 0.6 is 0 Å². The van der Waals surface area contributed by atoms with Gasteiger partial charge in [0.25, 0.3) is 0 Å². The summed E-state index contributed by atoms with van der Waals surface area (Å²) in [5.41, 5.74) is 1.85. The molecule has 1 aromatic rings. The number of aryl methyl sites for hydroxylation is 2. The Morgan fingerprint density at radius 1 is 1.69 bits per heavy atom. The van der Waals surface area contributed by atoms with Crippen molar-refractivity contribution in [2.75, 3.05) is 18.9 Å². The number of hydrogen-bond donors (Lipinski definition) is 1. The summed E-state index contributed by atoms with van der Waals surface area (Å²) in [5.74, 6) is 0.144. The Kier molecular flexibility index (Phi) is 2.85. The molecule has 0 spiro atoms. The van der Waals surface area contributed by atoms with E-state index >= 15 is 0 Å². The van der Waals surface area contributed by atoms with Crippen LogP contribution in [0.1, 0.15) is 18.5 Å². The van der Waals surface area contributed by atoms with Gasteiger partial charge in [-0.15, -0.1) is 0 Å². The summed E-state index contributed by atoms with van der Waals surface area (Å²) in [4.78, 5) is 13.6. The van der Waals surface area contributed by atoms with Crippen LogP contribution in [0.5, 0.6) is 0 Å². The second-order valence-electron chi connectivity index (χ2n) is 4.39. The van der Waals surface area contributed by atoms with Crippen molar-refractivity contribution in [1.29, 1.82) is 0 Å². The van der Waals surface area contributed by atoms with E-state index < -0.39 is 0 Å². The molecule has 5 nitrogen and oxygen atoms in total. The lowest BCUT2D eigenvalue weighted by molar-refractivity contribution is -0.128. The summed E-state index contributed by atoms with van der Waals surface area (Å²) < 4.78 is 1.74. The standard InChI is InChI=1S/C11H18N4O/c1-8-10(7-14(2)13-8)12-6-11(16)15(3)9-4-5-9/h7,9,12H,4-6H2,1-3H3. The third kappa shape index (κ3) is 2.35. The summed E-state index contributed by atoms with van der Waals surface area (Å²) in [7, 11) is 3.74. The van der Waals surface area contributed by atoms with Crippen LogP contribution in [-0.4, -0.2) is 40.2 Å². The number of nitrogens with one attached hydrogen (secondary N) is 1. The van der Waals surface area contributed by atoms with E-state index in [1.54, 1.807) is 4.68 Å². The third-order valence-corrected chi connectivity index (χ3v) is 2.93. The summed E-state index contributed by atoms with van der Waals surface area (Å²) in [5, 5.41) is 7.33. The summed E-state index contributed by atoms with van der Waals surface area (Å²) >= 11 is 0. The van der Waals surface area contributed by atoms with Crippen molar-refractivity contribution in [2.24, 2.45) is 7.05 Å². The average Bonchev–Trinajstić information content (AvgIpc) is 3.01. The lowest BCUT2D eigenvalue weighted by Crippen LogP contribution is -2.33. The molecule has 0 unspecified atom stereocenters. The number of rotatable bonds is 4. The van der Waals surface area contributed by atoms with Crippen molar-refractivity contribution < 1.29 is 4.79 Å². The average molecular weight is 222 g/mol. The molecule has 1 aliphatic rings. The molecule has 1 saturated carbocycles. The zero-order valence-corrected chi connectivity index (χ0v) is 10.0. The van der Waals surface area contributed by atoms with Crippen LogP contribution in [0, 0.1) is 6.92 Å². The van der Waals surface area contributed by atoms with E-state index in [1.165, 1.54) is 0 Å². The van der Waals surface area contributed by atoms with Gasteiger partial charge >= 0.3 is 0 Å². The van der Waals surface area contributed by atoms with Crippen molar-refractivity contribution in [3.05, 3.63) is 11.9 Å². The lowest BCUT2D eigenvalue weighted by Gasteiger charge is -2.16. The second-order valence-corrected chi connectivity index (χ2v) is 4.39. The van der Waals surface area contributed by atoms with Crippen LogP contribution in [-0.2, 0) is 11.8 Å². The topological polar surface area (TPSA) is 50.2 Å². The van der Waals surface area contributed by atoms with E-state index in [4.69, 9.17) is 0 Å². The minimum absolute atomic E-state index is 0.144. The SMILES string of the molecule is Cc1nn(C)cc1NCC(=O)N(C)C1CC1. The first-order valence-corrected chi connectivity index (χ1v) is 5.57. The number of amides is 1. The van der Waals surface area contributed by atoms with E-state index in [0.717, 1.165) is 24.2 Å². The second kappa shape index (κ2) is 4.15. The maximum absolute atomic E-state index is 11.8. The van der Waals surface area contributed by atoms with Crippen LogP contribution in [0.2, 0.25) is 0 Å². The Labute approximate surface area is 95.4 Å². The van der Waals surface area contributed by atoms with Crippen molar-refractivity contribution in [1.82, 2.24) is 14.7 Å². The monoisotopic (exact) mass is 222 g/mol. The number of anilines is 1. The smallest absolute Gasteiger partial charge is 0.241 e. The highest BCUT2D eigenvalue weighted by molar-refractivity contribution is 5.81. The number of nitrogens with zero attached hydrogens (tertiary/aromatic N) is 3. The first kappa shape index (κ1) is 11.0. The van der Waals surface area contributed by atoms with Crippen molar-refractivity contribution >= 4 is 11.6 Å². The number of carbonyl (C=O) groups is 1. The van der Waals surface area contributed by atoms with E-state index in [0.29, 0.717) is 12.6 Å². The molecular weight excluding hydrogens is 204 g/mol. The van der Waals surface area contributed by atoms with E-state index in [2.05, 4.69) is 10.4 Å². The molecule has 0 radical (unpaired) electrons. The minimum atomic E-state index is 0.144. The first-order valence-electron chi connectivity index (χ1n) is 5.57. The summed E-state index contributed by atoms with van der Waals surface area (Å²) in [6.45, 7) is 2.27. The largest absolute Gasteiger partial charge is 0.373 e. The zero-order valence-electron chi connectivity index (χ0n) is 10.0. The number of aromatic nitrogens is 2. The van der Waals surface area contributed by atoms with E-state index in [9.17, 15) is 4.79 Å². The Balaban J connectivity index is 1.86. The Morgan fingerprint density at radius 2 is 2.38 bits per heavy atom. The van der Waals surface area contributed by atoms with Crippen molar-refractivity contribution in [3.63, 3.8) is 0 Å². The molecule has 0 atom stereocenters. The molecule has 2 rings (SSSR count). The minimum Gasteiger partial charge on any atom is -0.373 e.